The van der Waals surface area contributed by atoms with E-state index in [2.05, 4.69) is 33.6 Å². The normalized spacial score (nSPS) is 36.4. The highest BCUT2D eigenvalue weighted by atomic mass is 16.4. The average molecular weight is 275 g/mol. The number of piperidine rings is 1. The topological polar surface area (TPSA) is 71.4 Å². The standard InChI is InChI=1S/C14H21N5O/c1-8-18(2)11-3-4-12(19(8)7-11)14-17-16-13(20-14)9-5-10(15)6-9/h9-12H,1,3-7,15H2,2H3. The quantitative estimate of drug-likeness (QED) is 0.874. The van der Waals surface area contributed by atoms with Gasteiger partial charge in [0.05, 0.1) is 5.82 Å². The smallest absolute Gasteiger partial charge is 0.238 e. The lowest BCUT2D eigenvalue weighted by Gasteiger charge is -2.30. The molecular weight excluding hydrogens is 254 g/mol. The van der Waals surface area contributed by atoms with Gasteiger partial charge in [-0.05, 0) is 25.7 Å². The number of hydrogen-bond donors (Lipinski definition) is 1. The summed E-state index contributed by atoms with van der Waals surface area (Å²) in [6, 6.07) is 1.09. The van der Waals surface area contributed by atoms with E-state index in [1.807, 2.05) is 0 Å². The van der Waals surface area contributed by atoms with Gasteiger partial charge in [-0.3, -0.25) is 0 Å². The number of nitrogens with two attached hydrogens (primary N) is 1. The van der Waals surface area contributed by atoms with Crippen LogP contribution in [0.5, 0.6) is 0 Å². The molecule has 1 aromatic rings. The minimum Gasteiger partial charge on any atom is -0.423 e. The second kappa shape index (κ2) is 4.22. The van der Waals surface area contributed by atoms with Crippen molar-refractivity contribution in [3.8, 4) is 0 Å². The summed E-state index contributed by atoms with van der Waals surface area (Å²) in [5, 5.41) is 8.52. The average Bonchev–Trinajstić information content (AvgIpc) is 2.97. The minimum atomic E-state index is 0.193. The Hall–Kier alpha value is -1.56. The van der Waals surface area contributed by atoms with Crippen molar-refractivity contribution in [1.29, 1.82) is 0 Å². The molecule has 2 bridgehead atoms. The zero-order valence-electron chi connectivity index (χ0n) is 11.8. The van der Waals surface area contributed by atoms with E-state index in [-0.39, 0.29) is 6.04 Å². The molecule has 3 fully saturated rings. The van der Waals surface area contributed by atoms with Crippen molar-refractivity contribution >= 4 is 0 Å². The molecule has 1 aromatic heterocycles. The summed E-state index contributed by atoms with van der Waals surface area (Å²) in [5.74, 6) is 2.95. The summed E-state index contributed by atoms with van der Waals surface area (Å²) in [7, 11) is 2.12. The number of rotatable bonds is 2. The molecule has 6 heteroatoms. The summed E-state index contributed by atoms with van der Waals surface area (Å²) in [5.41, 5.74) is 5.82. The molecule has 3 heterocycles. The molecule has 4 rings (SSSR count). The molecule has 1 aliphatic carbocycles. The predicted molar refractivity (Wildman–Crippen MR) is 73.6 cm³/mol. The van der Waals surface area contributed by atoms with Crippen LogP contribution in [0.15, 0.2) is 16.8 Å². The molecule has 0 radical (unpaired) electrons. The first-order chi connectivity index (χ1) is 9.63. The molecule has 108 valence electrons. The Kier molecular flexibility index (Phi) is 2.57. The Bertz CT molecular complexity index is 535. The van der Waals surface area contributed by atoms with Crippen LogP contribution in [-0.2, 0) is 0 Å². The van der Waals surface area contributed by atoms with E-state index in [0.717, 1.165) is 49.8 Å². The first-order valence-corrected chi connectivity index (χ1v) is 7.40. The van der Waals surface area contributed by atoms with Crippen LogP contribution in [0.4, 0.5) is 0 Å². The largest absolute Gasteiger partial charge is 0.423 e. The molecule has 0 amide bonds. The Balaban J connectivity index is 1.54. The lowest BCUT2D eigenvalue weighted by atomic mass is 9.81. The highest BCUT2D eigenvalue weighted by Crippen LogP contribution is 2.41. The van der Waals surface area contributed by atoms with Crippen LogP contribution in [0, 0.1) is 0 Å². The van der Waals surface area contributed by atoms with Crippen molar-refractivity contribution in [1.82, 2.24) is 20.0 Å². The van der Waals surface area contributed by atoms with Crippen molar-refractivity contribution in [2.75, 3.05) is 13.6 Å². The molecule has 2 unspecified atom stereocenters. The van der Waals surface area contributed by atoms with Crippen molar-refractivity contribution in [3.05, 3.63) is 24.2 Å². The van der Waals surface area contributed by atoms with Crippen LogP contribution in [0.3, 0.4) is 0 Å². The zero-order valence-corrected chi connectivity index (χ0v) is 11.8. The fourth-order valence-electron chi connectivity index (χ4n) is 3.63. The second-order valence-electron chi connectivity index (χ2n) is 6.33. The molecule has 0 spiro atoms. The molecule has 0 aromatic carbocycles. The Morgan fingerprint density at radius 1 is 1.25 bits per heavy atom. The Morgan fingerprint density at radius 2 is 2.00 bits per heavy atom. The third-order valence-electron chi connectivity index (χ3n) is 5.11. The Morgan fingerprint density at radius 3 is 2.75 bits per heavy atom. The van der Waals surface area contributed by atoms with Crippen molar-refractivity contribution in [2.24, 2.45) is 5.73 Å². The van der Waals surface area contributed by atoms with Gasteiger partial charge in [0.2, 0.25) is 11.8 Å². The molecule has 2 saturated heterocycles. The number of likely N-dealkylation sites (N-methyl/N-ethyl adjacent to an activating group) is 1. The highest BCUT2D eigenvalue weighted by Gasteiger charge is 2.42. The first-order valence-electron chi connectivity index (χ1n) is 7.40. The van der Waals surface area contributed by atoms with E-state index >= 15 is 0 Å². The van der Waals surface area contributed by atoms with Crippen LogP contribution in [0.2, 0.25) is 0 Å². The van der Waals surface area contributed by atoms with Crippen molar-refractivity contribution in [3.63, 3.8) is 0 Å². The Labute approximate surface area is 118 Å². The van der Waals surface area contributed by atoms with E-state index in [1.165, 1.54) is 0 Å². The number of aromatic nitrogens is 2. The maximum atomic E-state index is 5.93. The van der Waals surface area contributed by atoms with Gasteiger partial charge < -0.3 is 20.0 Å². The van der Waals surface area contributed by atoms with E-state index < -0.39 is 0 Å². The summed E-state index contributed by atoms with van der Waals surface area (Å²) in [4.78, 5) is 4.57. The van der Waals surface area contributed by atoms with Gasteiger partial charge in [0.25, 0.3) is 0 Å². The highest BCUT2D eigenvalue weighted by molar-refractivity contribution is 5.12. The van der Waals surface area contributed by atoms with Gasteiger partial charge in [0, 0.05) is 31.6 Å². The van der Waals surface area contributed by atoms with E-state index in [4.69, 9.17) is 10.2 Å². The van der Waals surface area contributed by atoms with Gasteiger partial charge in [0.1, 0.15) is 6.04 Å². The molecule has 20 heavy (non-hydrogen) atoms. The fraction of sp³-hybridized carbons (Fsp3) is 0.714. The third-order valence-corrected chi connectivity index (χ3v) is 5.11. The molecule has 3 aliphatic rings. The monoisotopic (exact) mass is 275 g/mol. The fourth-order valence-corrected chi connectivity index (χ4v) is 3.63. The minimum absolute atomic E-state index is 0.193. The lowest BCUT2D eigenvalue weighted by Crippen LogP contribution is -2.34. The third kappa shape index (κ3) is 1.67. The maximum absolute atomic E-state index is 5.93. The van der Waals surface area contributed by atoms with E-state index in [0.29, 0.717) is 18.0 Å². The molecule has 2 N–H and O–H groups in total. The van der Waals surface area contributed by atoms with Crippen LogP contribution >= 0.6 is 0 Å². The van der Waals surface area contributed by atoms with Gasteiger partial charge >= 0.3 is 0 Å². The second-order valence-corrected chi connectivity index (χ2v) is 6.33. The number of hydrogen-bond acceptors (Lipinski definition) is 6. The van der Waals surface area contributed by atoms with Gasteiger partial charge in [-0.2, -0.15) is 0 Å². The SMILES string of the molecule is C=C1N(C)C2CCC(c3nnc(C4CC(N)C4)o3)N1C2. The maximum Gasteiger partial charge on any atom is 0.238 e. The van der Waals surface area contributed by atoms with Gasteiger partial charge in [-0.1, -0.05) is 6.58 Å². The summed E-state index contributed by atoms with van der Waals surface area (Å²) < 4.78 is 5.93. The van der Waals surface area contributed by atoms with Gasteiger partial charge in [-0.15, -0.1) is 10.2 Å². The lowest BCUT2D eigenvalue weighted by molar-refractivity contribution is 0.185. The summed E-state index contributed by atoms with van der Waals surface area (Å²) >= 11 is 0. The predicted octanol–water partition coefficient (Wildman–Crippen LogP) is 1.20. The summed E-state index contributed by atoms with van der Waals surface area (Å²) in [6.45, 7) is 5.20. The van der Waals surface area contributed by atoms with Crippen LogP contribution < -0.4 is 5.73 Å². The molecule has 2 atom stereocenters. The molecule has 6 nitrogen and oxygen atoms in total. The number of fused-ring (bicyclic) bond motifs is 2. The summed E-state index contributed by atoms with van der Waals surface area (Å²) in [6.07, 6.45) is 4.14. The van der Waals surface area contributed by atoms with E-state index in [1.54, 1.807) is 0 Å². The van der Waals surface area contributed by atoms with Gasteiger partial charge in [0.15, 0.2) is 0 Å². The van der Waals surface area contributed by atoms with Gasteiger partial charge in [-0.25, -0.2) is 0 Å². The number of nitrogens with zero attached hydrogens (tertiary/aromatic N) is 4. The van der Waals surface area contributed by atoms with Crippen molar-refractivity contribution < 1.29 is 4.42 Å². The first kappa shape index (κ1) is 12.2. The van der Waals surface area contributed by atoms with Crippen LogP contribution in [-0.4, -0.2) is 45.7 Å². The van der Waals surface area contributed by atoms with Crippen LogP contribution in [0.1, 0.15) is 49.4 Å². The molecule has 1 saturated carbocycles. The van der Waals surface area contributed by atoms with Crippen molar-refractivity contribution in [2.45, 2.75) is 49.7 Å². The zero-order chi connectivity index (χ0) is 13.9. The van der Waals surface area contributed by atoms with E-state index in [9.17, 15) is 0 Å². The molecular formula is C14H21N5O. The molecule has 2 aliphatic heterocycles. The van der Waals surface area contributed by atoms with Crippen LogP contribution in [0.25, 0.3) is 0 Å².